The van der Waals surface area contributed by atoms with E-state index in [0.29, 0.717) is 5.56 Å². The highest BCUT2D eigenvalue weighted by atomic mass is 32.2. The molecule has 0 saturated carbocycles. The third kappa shape index (κ3) is 6.75. The highest BCUT2D eigenvalue weighted by molar-refractivity contribution is 7.86. The molecule has 0 unspecified atom stereocenters. The first-order valence-corrected chi connectivity index (χ1v) is 14.7. The number of esters is 1. The fourth-order valence-electron chi connectivity index (χ4n) is 4.86. The number of benzene rings is 2. The number of rotatable bonds is 11. The second kappa shape index (κ2) is 13.0. The number of methoxy groups -OCH3 is 1. The Hall–Kier alpha value is -4.17. The van der Waals surface area contributed by atoms with Gasteiger partial charge in [-0.2, -0.15) is 13.4 Å². The van der Waals surface area contributed by atoms with Crippen LogP contribution in [0.2, 0.25) is 0 Å². The summed E-state index contributed by atoms with van der Waals surface area (Å²) in [6, 6.07) is 15.9. The Labute approximate surface area is 249 Å². The molecule has 12 nitrogen and oxygen atoms in total. The van der Waals surface area contributed by atoms with Crippen molar-refractivity contribution >= 4 is 27.8 Å². The van der Waals surface area contributed by atoms with Gasteiger partial charge in [-0.3, -0.25) is 18.3 Å². The minimum absolute atomic E-state index is 0.0151. The first-order chi connectivity index (χ1) is 20.4. The fraction of sp³-hybridized carbons (Fsp3) is 0.333. The van der Waals surface area contributed by atoms with Gasteiger partial charge >= 0.3 is 11.7 Å². The van der Waals surface area contributed by atoms with E-state index in [1.54, 1.807) is 49.4 Å². The number of aromatic nitrogens is 2. The average Bonchev–Trinajstić information content (AvgIpc) is 3.29. The molecule has 0 spiro atoms. The molecule has 13 heteroatoms. The largest absolute Gasteiger partial charge is 0.455 e. The minimum Gasteiger partial charge on any atom is -0.455 e. The van der Waals surface area contributed by atoms with Crippen LogP contribution in [-0.4, -0.2) is 61.4 Å². The highest BCUT2D eigenvalue weighted by Gasteiger charge is 2.61. The summed E-state index contributed by atoms with van der Waals surface area (Å²) in [7, 11) is -2.90. The Kier molecular flexibility index (Phi) is 9.60. The summed E-state index contributed by atoms with van der Waals surface area (Å²) in [5.74, 6) is -1.80. The smallest absolute Gasteiger partial charge is 0.351 e. The zero-order chi connectivity index (χ0) is 31.4. The average molecular weight is 612 g/mol. The molecule has 4 rings (SSSR count). The lowest BCUT2D eigenvalue weighted by atomic mass is 9.83. The molecule has 228 valence electrons. The van der Waals surface area contributed by atoms with Gasteiger partial charge in [-0.25, -0.2) is 4.79 Å². The molecule has 1 saturated heterocycles. The lowest BCUT2D eigenvalue weighted by Crippen LogP contribution is -2.53. The molecule has 1 fully saturated rings. The first-order valence-electron chi connectivity index (χ1n) is 13.3. The molecule has 0 radical (unpaired) electrons. The van der Waals surface area contributed by atoms with Crippen LogP contribution in [0.4, 0.5) is 5.82 Å². The molecule has 2 aromatic carbocycles. The number of aryl methyl sites for hydroxylation is 1. The molecule has 3 aromatic rings. The zero-order valence-corrected chi connectivity index (χ0v) is 24.9. The van der Waals surface area contributed by atoms with E-state index in [1.807, 2.05) is 6.92 Å². The fourth-order valence-corrected chi connectivity index (χ4v) is 5.80. The van der Waals surface area contributed by atoms with Gasteiger partial charge in [0.25, 0.3) is 16.0 Å². The molecule has 0 aliphatic carbocycles. The molecule has 1 amide bonds. The number of hydrogen-bond acceptors (Lipinski definition) is 10. The Balaban J connectivity index is 1.69. The van der Waals surface area contributed by atoms with Crippen molar-refractivity contribution in [3.63, 3.8) is 0 Å². The second-order valence-electron chi connectivity index (χ2n) is 10.1. The normalized spacial score (nSPS) is 22.5. The summed E-state index contributed by atoms with van der Waals surface area (Å²) in [5, 5.41) is 2.57. The zero-order valence-electron chi connectivity index (χ0n) is 24.1. The maximum absolute atomic E-state index is 13.2. The van der Waals surface area contributed by atoms with Gasteiger partial charge in [0.05, 0.1) is 11.5 Å². The van der Waals surface area contributed by atoms with Gasteiger partial charge in [0.1, 0.15) is 17.5 Å². The van der Waals surface area contributed by atoms with Crippen LogP contribution in [-0.2, 0) is 33.3 Å². The molecular weight excluding hydrogens is 578 g/mol. The number of hydrogen-bond donors (Lipinski definition) is 1. The molecule has 5 atom stereocenters. The Bertz CT molecular complexity index is 1640. The monoisotopic (exact) mass is 611 g/mol. The Morgan fingerprint density at radius 2 is 1.84 bits per heavy atom. The third-order valence-electron chi connectivity index (χ3n) is 7.21. The lowest BCUT2D eigenvalue weighted by Gasteiger charge is -2.37. The van der Waals surface area contributed by atoms with Crippen molar-refractivity contribution in [1.82, 2.24) is 9.55 Å². The van der Waals surface area contributed by atoms with Crippen LogP contribution in [0.15, 0.2) is 89.2 Å². The van der Waals surface area contributed by atoms with Crippen molar-refractivity contribution in [1.29, 1.82) is 0 Å². The van der Waals surface area contributed by atoms with E-state index in [9.17, 15) is 22.8 Å². The second-order valence-corrected chi connectivity index (χ2v) is 11.7. The summed E-state index contributed by atoms with van der Waals surface area (Å²) < 4.78 is 50.5. The van der Waals surface area contributed by atoms with Crippen molar-refractivity contribution in [2.45, 2.75) is 49.7 Å². The van der Waals surface area contributed by atoms with Crippen molar-refractivity contribution in [3.8, 4) is 0 Å². The van der Waals surface area contributed by atoms with E-state index < -0.39 is 64.2 Å². The summed E-state index contributed by atoms with van der Waals surface area (Å²) in [6.45, 7) is 7.98. The van der Waals surface area contributed by atoms with Gasteiger partial charge in [-0.15, -0.1) is 6.58 Å². The number of anilines is 1. The molecular formula is C30H33N3O9S. The summed E-state index contributed by atoms with van der Waals surface area (Å²) in [4.78, 5) is 41.9. The number of amides is 1. The Morgan fingerprint density at radius 1 is 1.16 bits per heavy atom. The van der Waals surface area contributed by atoms with Crippen LogP contribution in [0.25, 0.3) is 0 Å². The lowest BCUT2D eigenvalue weighted by molar-refractivity contribution is -0.157. The van der Waals surface area contributed by atoms with Crippen LogP contribution in [0, 0.1) is 12.8 Å². The quantitative estimate of drug-likeness (QED) is 0.194. The van der Waals surface area contributed by atoms with Crippen LogP contribution >= 0.6 is 0 Å². The van der Waals surface area contributed by atoms with Gasteiger partial charge in [0.15, 0.2) is 12.3 Å². The van der Waals surface area contributed by atoms with Crippen molar-refractivity contribution in [3.05, 3.63) is 101 Å². The standard InChI is InChI=1S/C30H33N3O9S/c1-6-20(3)30(18-40-43(37,38)23-14-12-19(2)13-15-23)26(39-5)25(41-21(4)34)28(42-30)33-17-16-24(32-29(33)36)31-27(35)22-10-8-7-9-11-22/h6-17,20,25-26,28H,1,18H2,2-5H3,(H,31,32,35,36)/t20-,25+,26-,28+,30+/m0/s1. The Morgan fingerprint density at radius 3 is 2.42 bits per heavy atom. The molecule has 1 aromatic heterocycles. The van der Waals surface area contributed by atoms with Crippen LogP contribution in [0.1, 0.15) is 36.0 Å². The summed E-state index contributed by atoms with van der Waals surface area (Å²) in [6.07, 6.45) is -0.792. The molecule has 0 bridgehead atoms. The van der Waals surface area contributed by atoms with E-state index in [-0.39, 0.29) is 10.7 Å². The first kappa shape index (κ1) is 31.8. The third-order valence-corrected chi connectivity index (χ3v) is 8.49. The molecule has 1 N–H and O–H groups in total. The number of nitrogens with one attached hydrogen (secondary N) is 1. The predicted molar refractivity (Wildman–Crippen MR) is 156 cm³/mol. The van der Waals surface area contributed by atoms with Gasteiger partial charge < -0.3 is 19.5 Å². The van der Waals surface area contributed by atoms with Gasteiger partial charge in [-0.1, -0.05) is 48.9 Å². The van der Waals surface area contributed by atoms with Gasteiger partial charge in [0, 0.05) is 31.7 Å². The van der Waals surface area contributed by atoms with Gasteiger partial charge in [-0.05, 0) is 37.3 Å². The molecule has 2 heterocycles. The highest BCUT2D eigenvalue weighted by Crippen LogP contribution is 2.45. The van der Waals surface area contributed by atoms with Crippen molar-refractivity contribution in [2.24, 2.45) is 5.92 Å². The topological polar surface area (TPSA) is 152 Å². The van der Waals surface area contributed by atoms with Gasteiger partial charge in [0.2, 0.25) is 0 Å². The minimum atomic E-state index is -4.25. The number of carbonyl (C=O) groups excluding carboxylic acids is 2. The molecule has 1 aliphatic heterocycles. The molecule has 43 heavy (non-hydrogen) atoms. The van der Waals surface area contributed by atoms with E-state index in [4.69, 9.17) is 18.4 Å². The van der Waals surface area contributed by atoms with Crippen LogP contribution in [0.3, 0.4) is 0 Å². The summed E-state index contributed by atoms with van der Waals surface area (Å²) in [5.41, 5.74) is -1.18. The maximum Gasteiger partial charge on any atom is 0.351 e. The van der Waals surface area contributed by atoms with Crippen molar-refractivity contribution in [2.75, 3.05) is 19.0 Å². The van der Waals surface area contributed by atoms with E-state index in [1.165, 1.54) is 44.5 Å². The van der Waals surface area contributed by atoms with Crippen LogP contribution in [0.5, 0.6) is 0 Å². The predicted octanol–water partition coefficient (Wildman–Crippen LogP) is 3.25. The molecule has 1 aliphatic rings. The van der Waals surface area contributed by atoms with E-state index in [2.05, 4.69) is 16.9 Å². The van der Waals surface area contributed by atoms with E-state index in [0.717, 1.165) is 10.1 Å². The van der Waals surface area contributed by atoms with Crippen LogP contribution < -0.4 is 11.0 Å². The van der Waals surface area contributed by atoms with E-state index >= 15 is 0 Å². The van der Waals surface area contributed by atoms with Crippen molar-refractivity contribution < 1.29 is 36.4 Å². The number of nitrogens with zero attached hydrogens (tertiary/aromatic N) is 2. The SMILES string of the molecule is C=C[C@H](C)[C@@]1(COS(=O)(=O)c2ccc(C)cc2)O[C@@H](n2ccc(NC(=O)c3ccccc3)nc2=O)[C@H](OC(C)=O)[C@@H]1OC. The number of carbonyl (C=O) groups is 2. The maximum atomic E-state index is 13.2. The summed E-state index contributed by atoms with van der Waals surface area (Å²) >= 11 is 0. The number of ether oxygens (including phenoxy) is 3.